The second-order valence-electron chi connectivity index (χ2n) is 6.36. The molecule has 0 saturated carbocycles. The summed E-state index contributed by atoms with van der Waals surface area (Å²) in [6, 6.07) is 2.29. The number of fused-ring (bicyclic) bond motifs is 1. The third-order valence-corrected chi connectivity index (χ3v) is 5.22. The van der Waals surface area contributed by atoms with Crippen LogP contribution in [0.5, 0.6) is 5.75 Å². The predicted octanol–water partition coefficient (Wildman–Crippen LogP) is 3.16. The molecule has 0 N–H and O–H groups in total. The van der Waals surface area contributed by atoms with E-state index in [0.717, 1.165) is 32.1 Å². The third kappa shape index (κ3) is 1.87. The van der Waals surface area contributed by atoms with E-state index >= 15 is 0 Å². The standard InChI is InChI=1S/C17H25NO2/c1-11-10-12(2)15-14(4)17(5,20-16(15)13(11)3)18-6-8-19-9-7-18/h10,14H,6-9H2,1-5H3. The van der Waals surface area contributed by atoms with Gasteiger partial charge in [0.15, 0.2) is 5.72 Å². The normalized spacial score (nSPS) is 30.1. The zero-order valence-electron chi connectivity index (χ0n) is 13.2. The van der Waals surface area contributed by atoms with Gasteiger partial charge in [0.05, 0.1) is 13.2 Å². The van der Waals surface area contributed by atoms with Crippen LogP contribution in [0.15, 0.2) is 6.07 Å². The molecule has 20 heavy (non-hydrogen) atoms. The van der Waals surface area contributed by atoms with Crippen LogP contribution in [0, 0.1) is 20.8 Å². The Morgan fingerprint density at radius 3 is 2.45 bits per heavy atom. The summed E-state index contributed by atoms with van der Waals surface area (Å²) in [5.41, 5.74) is 5.11. The maximum absolute atomic E-state index is 6.51. The van der Waals surface area contributed by atoms with E-state index in [4.69, 9.17) is 9.47 Å². The molecule has 1 aromatic rings. The quantitative estimate of drug-likeness (QED) is 0.786. The number of hydrogen-bond donors (Lipinski definition) is 0. The van der Waals surface area contributed by atoms with Crippen LogP contribution < -0.4 is 4.74 Å². The monoisotopic (exact) mass is 275 g/mol. The lowest BCUT2D eigenvalue weighted by Crippen LogP contribution is -2.55. The van der Waals surface area contributed by atoms with Crippen LogP contribution in [0.2, 0.25) is 0 Å². The summed E-state index contributed by atoms with van der Waals surface area (Å²) in [5, 5.41) is 0. The number of aryl methyl sites for hydroxylation is 2. The van der Waals surface area contributed by atoms with E-state index in [0.29, 0.717) is 5.92 Å². The fourth-order valence-electron chi connectivity index (χ4n) is 3.65. The van der Waals surface area contributed by atoms with Gasteiger partial charge < -0.3 is 9.47 Å². The molecule has 0 radical (unpaired) electrons. The third-order valence-electron chi connectivity index (χ3n) is 5.22. The molecule has 2 aliphatic rings. The molecule has 2 unspecified atom stereocenters. The molecule has 2 aliphatic heterocycles. The average molecular weight is 275 g/mol. The number of benzene rings is 1. The minimum atomic E-state index is -0.241. The number of nitrogens with zero attached hydrogens (tertiary/aromatic N) is 1. The zero-order valence-corrected chi connectivity index (χ0v) is 13.2. The average Bonchev–Trinajstić information content (AvgIpc) is 2.72. The van der Waals surface area contributed by atoms with E-state index in [2.05, 4.69) is 45.6 Å². The van der Waals surface area contributed by atoms with Gasteiger partial charge in [0, 0.05) is 24.6 Å². The molecular weight excluding hydrogens is 250 g/mol. The molecule has 1 fully saturated rings. The van der Waals surface area contributed by atoms with Crippen molar-refractivity contribution in [2.45, 2.75) is 46.3 Å². The van der Waals surface area contributed by atoms with Crippen molar-refractivity contribution in [2.75, 3.05) is 26.3 Å². The first-order chi connectivity index (χ1) is 9.45. The molecule has 3 rings (SSSR count). The zero-order chi connectivity index (χ0) is 14.5. The van der Waals surface area contributed by atoms with Crippen molar-refractivity contribution in [3.05, 3.63) is 28.3 Å². The molecule has 110 valence electrons. The fourth-order valence-corrected chi connectivity index (χ4v) is 3.65. The van der Waals surface area contributed by atoms with Gasteiger partial charge in [-0.3, -0.25) is 4.90 Å². The molecule has 2 atom stereocenters. The van der Waals surface area contributed by atoms with Gasteiger partial charge in [-0.2, -0.15) is 0 Å². The van der Waals surface area contributed by atoms with Crippen LogP contribution >= 0.6 is 0 Å². The molecule has 2 heterocycles. The Labute approximate surface area is 121 Å². The topological polar surface area (TPSA) is 21.7 Å². The summed E-state index contributed by atoms with van der Waals surface area (Å²) in [5.74, 6) is 1.50. The maximum Gasteiger partial charge on any atom is 0.167 e. The van der Waals surface area contributed by atoms with Crippen LogP contribution in [0.4, 0.5) is 0 Å². The molecule has 0 spiro atoms. The summed E-state index contributed by atoms with van der Waals surface area (Å²) < 4.78 is 12.0. The molecule has 0 bridgehead atoms. The molecule has 3 nitrogen and oxygen atoms in total. The van der Waals surface area contributed by atoms with Crippen molar-refractivity contribution < 1.29 is 9.47 Å². The van der Waals surface area contributed by atoms with Gasteiger partial charge in [-0.05, 0) is 44.4 Å². The lowest BCUT2D eigenvalue weighted by Gasteiger charge is -2.42. The number of morpholine rings is 1. The minimum Gasteiger partial charge on any atom is -0.472 e. The molecule has 1 saturated heterocycles. The molecular formula is C17H25NO2. The highest BCUT2D eigenvalue weighted by Gasteiger charge is 2.48. The summed E-state index contributed by atoms with van der Waals surface area (Å²) >= 11 is 0. The molecule has 3 heteroatoms. The SMILES string of the molecule is Cc1cc(C)c2c(c1C)OC(C)(N1CCOCC1)C2C. The van der Waals surface area contributed by atoms with Crippen LogP contribution in [-0.4, -0.2) is 36.9 Å². The van der Waals surface area contributed by atoms with E-state index < -0.39 is 0 Å². The lowest BCUT2D eigenvalue weighted by molar-refractivity contribution is -0.111. The second kappa shape index (κ2) is 4.74. The number of rotatable bonds is 1. The van der Waals surface area contributed by atoms with E-state index in [1.54, 1.807) is 0 Å². The van der Waals surface area contributed by atoms with Crippen molar-refractivity contribution in [3.8, 4) is 5.75 Å². The highest BCUT2D eigenvalue weighted by atomic mass is 16.5. The largest absolute Gasteiger partial charge is 0.472 e. The van der Waals surface area contributed by atoms with Gasteiger partial charge in [-0.1, -0.05) is 13.0 Å². The first kappa shape index (κ1) is 13.9. The molecule has 0 amide bonds. The highest BCUT2D eigenvalue weighted by molar-refractivity contribution is 5.54. The highest BCUT2D eigenvalue weighted by Crippen LogP contribution is 2.49. The van der Waals surface area contributed by atoms with Crippen molar-refractivity contribution in [3.63, 3.8) is 0 Å². The maximum atomic E-state index is 6.51. The summed E-state index contributed by atoms with van der Waals surface area (Å²) in [6.07, 6.45) is 0. The molecule has 0 aromatic heterocycles. The Bertz CT molecular complexity index is 534. The van der Waals surface area contributed by atoms with E-state index in [1.165, 1.54) is 22.3 Å². The van der Waals surface area contributed by atoms with Gasteiger partial charge in [0.1, 0.15) is 5.75 Å². The Hall–Kier alpha value is -1.06. The number of hydrogen-bond acceptors (Lipinski definition) is 3. The Kier molecular flexibility index (Phi) is 3.30. The van der Waals surface area contributed by atoms with Crippen LogP contribution in [0.3, 0.4) is 0 Å². The van der Waals surface area contributed by atoms with Crippen molar-refractivity contribution in [1.82, 2.24) is 4.90 Å². The van der Waals surface area contributed by atoms with Crippen LogP contribution in [-0.2, 0) is 4.74 Å². The number of ether oxygens (including phenoxy) is 2. The van der Waals surface area contributed by atoms with E-state index in [1.807, 2.05) is 0 Å². The van der Waals surface area contributed by atoms with Crippen molar-refractivity contribution >= 4 is 0 Å². The Morgan fingerprint density at radius 1 is 1.15 bits per heavy atom. The van der Waals surface area contributed by atoms with Gasteiger partial charge in [0.25, 0.3) is 0 Å². The minimum absolute atomic E-state index is 0.241. The Balaban J connectivity index is 2.03. The second-order valence-corrected chi connectivity index (χ2v) is 6.36. The first-order valence-electron chi connectivity index (χ1n) is 7.57. The van der Waals surface area contributed by atoms with Crippen LogP contribution in [0.1, 0.15) is 42.0 Å². The predicted molar refractivity (Wildman–Crippen MR) is 80.5 cm³/mol. The Morgan fingerprint density at radius 2 is 1.80 bits per heavy atom. The molecule has 1 aromatic carbocycles. The van der Waals surface area contributed by atoms with Gasteiger partial charge in [-0.25, -0.2) is 0 Å². The smallest absolute Gasteiger partial charge is 0.167 e. The fraction of sp³-hybridized carbons (Fsp3) is 0.647. The van der Waals surface area contributed by atoms with Crippen molar-refractivity contribution in [2.24, 2.45) is 0 Å². The molecule has 0 aliphatic carbocycles. The lowest BCUT2D eigenvalue weighted by atomic mass is 9.87. The van der Waals surface area contributed by atoms with Gasteiger partial charge >= 0.3 is 0 Å². The summed E-state index contributed by atoms with van der Waals surface area (Å²) in [4.78, 5) is 2.44. The van der Waals surface area contributed by atoms with Crippen molar-refractivity contribution in [1.29, 1.82) is 0 Å². The van der Waals surface area contributed by atoms with Crippen LogP contribution in [0.25, 0.3) is 0 Å². The van der Waals surface area contributed by atoms with Gasteiger partial charge in [0.2, 0.25) is 0 Å². The van der Waals surface area contributed by atoms with Gasteiger partial charge in [-0.15, -0.1) is 0 Å². The van der Waals surface area contributed by atoms with E-state index in [-0.39, 0.29) is 5.72 Å². The van der Waals surface area contributed by atoms with E-state index in [9.17, 15) is 0 Å². The first-order valence-corrected chi connectivity index (χ1v) is 7.57. The summed E-state index contributed by atoms with van der Waals surface area (Å²) in [6.45, 7) is 14.6. The summed E-state index contributed by atoms with van der Waals surface area (Å²) in [7, 11) is 0.